The van der Waals surface area contributed by atoms with Crippen molar-refractivity contribution >= 4 is 34.2 Å². The summed E-state index contributed by atoms with van der Waals surface area (Å²) in [5.41, 5.74) is 5.22. The molecule has 3 heteroatoms. The lowest BCUT2D eigenvalue weighted by Gasteiger charge is -2.22. The molecule has 0 aliphatic rings. The molecule has 132 valence electrons. The molecule has 4 aromatic rings. The highest BCUT2D eigenvalue weighted by Crippen LogP contribution is 2.42. The van der Waals surface area contributed by atoms with Gasteiger partial charge in [-0.25, -0.2) is 4.39 Å². The number of hydrogen-bond acceptors (Lipinski definition) is 1. The van der Waals surface area contributed by atoms with Gasteiger partial charge in [-0.2, -0.15) is 0 Å². The fourth-order valence-corrected chi connectivity index (χ4v) is 3.93. The number of benzene rings is 4. The van der Waals surface area contributed by atoms with E-state index in [1.54, 1.807) is 6.07 Å². The molecular formula is C24H17FIN. The minimum absolute atomic E-state index is 0.242. The lowest BCUT2D eigenvalue weighted by atomic mass is 9.96. The van der Waals surface area contributed by atoms with E-state index in [0.29, 0.717) is 5.69 Å². The standard InChI is InChI=1S/C24H17FIN/c25-23-17-20(18-10-4-1-5-11-18)16-22(19-12-6-2-7-13-19)24(23)27(26)21-14-8-3-9-15-21/h1-17H. The van der Waals surface area contributed by atoms with Gasteiger partial charge in [0.1, 0.15) is 5.82 Å². The van der Waals surface area contributed by atoms with Crippen molar-refractivity contribution in [2.24, 2.45) is 0 Å². The highest BCUT2D eigenvalue weighted by Gasteiger charge is 2.19. The van der Waals surface area contributed by atoms with E-state index in [0.717, 1.165) is 27.9 Å². The van der Waals surface area contributed by atoms with Crippen LogP contribution in [-0.2, 0) is 0 Å². The fourth-order valence-electron chi connectivity index (χ4n) is 3.12. The molecule has 0 aliphatic heterocycles. The number of anilines is 2. The molecule has 0 saturated carbocycles. The zero-order chi connectivity index (χ0) is 18.6. The molecule has 0 aromatic heterocycles. The van der Waals surface area contributed by atoms with Crippen LogP contribution < -0.4 is 3.11 Å². The van der Waals surface area contributed by atoms with Crippen LogP contribution in [0.3, 0.4) is 0 Å². The van der Waals surface area contributed by atoms with Crippen LogP contribution in [0.15, 0.2) is 103 Å². The third kappa shape index (κ3) is 3.74. The van der Waals surface area contributed by atoms with Crippen molar-refractivity contribution in [3.63, 3.8) is 0 Å². The van der Waals surface area contributed by atoms with Crippen LogP contribution in [0.2, 0.25) is 0 Å². The molecule has 4 aromatic carbocycles. The van der Waals surface area contributed by atoms with Crippen molar-refractivity contribution in [2.45, 2.75) is 0 Å². The zero-order valence-electron chi connectivity index (χ0n) is 14.5. The largest absolute Gasteiger partial charge is 0.279 e. The zero-order valence-corrected chi connectivity index (χ0v) is 16.7. The van der Waals surface area contributed by atoms with E-state index >= 15 is 4.39 Å². The van der Waals surface area contributed by atoms with Gasteiger partial charge in [0.25, 0.3) is 0 Å². The normalized spacial score (nSPS) is 10.6. The highest BCUT2D eigenvalue weighted by atomic mass is 127. The molecule has 0 spiro atoms. The van der Waals surface area contributed by atoms with Gasteiger partial charge < -0.3 is 0 Å². The van der Waals surface area contributed by atoms with Crippen molar-refractivity contribution in [3.05, 3.63) is 109 Å². The predicted octanol–water partition coefficient (Wildman–Crippen LogP) is 7.65. The highest BCUT2D eigenvalue weighted by molar-refractivity contribution is 14.1. The Balaban J connectivity index is 1.93. The molecule has 0 bridgehead atoms. The van der Waals surface area contributed by atoms with Crippen molar-refractivity contribution < 1.29 is 4.39 Å². The molecule has 1 nitrogen and oxygen atoms in total. The molecule has 0 aliphatic carbocycles. The minimum Gasteiger partial charge on any atom is -0.279 e. The second kappa shape index (κ2) is 7.92. The second-order valence-corrected chi connectivity index (χ2v) is 7.17. The summed E-state index contributed by atoms with van der Waals surface area (Å²) in [5, 5.41) is 0. The minimum atomic E-state index is -0.242. The summed E-state index contributed by atoms with van der Waals surface area (Å²) in [7, 11) is 0. The fraction of sp³-hybridized carbons (Fsp3) is 0. The number of rotatable bonds is 4. The van der Waals surface area contributed by atoms with Crippen LogP contribution in [0.5, 0.6) is 0 Å². The van der Waals surface area contributed by atoms with Crippen LogP contribution in [-0.4, -0.2) is 0 Å². The maximum atomic E-state index is 15.4. The molecule has 27 heavy (non-hydrogen) atoms. The first-order valence-corrected chi connectivity index (χ1v) is 9.66. The third-order valence-electron chi connectivity index (χ3n) is 4.43. The topological polar surface area (TPSA) is 3.24 Å². The van der Waals surface area contributed by atoms with Crippen LogP contribution in [0, 0.1) is 5.82 Å². The monoisotopic (exact) mass is 465 g/mol. The Labute approximate surface area is 172 Å². The Morgan fingerprint density at radius 1 is 0.593 bits per heavy atom. The first-order chi connectivity index (χ1) is 13.2. The van der Waals surface area contributed by atoms with Gasteiger partial charge in [-0.05, 0) is 41.0 Å². The first-order valence-electron chi connectivity index (χ1n) is 8.69. The van der Waals surface area contributed by atoms with Crippen molar-refractivity contribution in [1.29, 1.82) is 0 Å². The Kier molecular flexibility index (Phi) is 5.21. The molecule has 0 saturated heterocycles. The van der Waals surface area contributed by atoms with Crippen LogP contribution in [0.1, 0.15) is 0 Å². The summed E-state index contributed by atoms with van der Waals surface area (Å²) >= 11 is 2.17. The molecule has 0 unspecified atom stereocenters. The smallest absolute Gasteiger partial charge is 0.148 e. The van der Waals surface area contributed by atoms with E-state index in [1.165, 1.54) is 0 Å². The van der Waals surface area contributed by atoms with Crippen molar-refractivity contribution in [2.75, 3.05) is 3.11 Å². The maximum absolute atomic E-state index is 15.4. The van der Waals surface area contributed by atoms with Gasteiger partial charge >= 0.3 is 0 Å². The Bertz CT molecular complexity index is 1030. The third-order valence-corrected chi connectivity index (χ3v) is 5.47. The number of nitrogens with zero attached hydrogens (tertiary/aromatic N) is 1. The van der Waals surface area contributed by atoms with E-state index in [1.807, 2.05) is 94.1 Å². The van der Waals surface area contributed by atoms with Gasteiger partial charge in [-0.1, -0.05) is 78.9 Å². The number of para-hydroxylation sites is 1. The van der Waals surface area contributed by atoms with E-state index in [4.69, 9.17) is 0 Å². The molecule has 0 atom stereocenters. The van der Waals surface area contributed by atoms with E-state index in [-0.39, 0.29) is 5.82 Å². The maximum Gasteiger partial charge on any atom is 0.148 e. The van der Waals surface area contributed by atoms with Gasteiger partial charge in [0.2, 0.25) is 0 Å². The molecular weight excluding hydrogens is 448 g/mol. The quantitative estimate of drug-likeness (QED) is 0.221. The molecule has 0 heterocycles. The summed E-state index contributed by atoms with van der Waals surface area (Å²) < 4.78 is 17.3. The van der Waals surface area contributed by atoms with Crippen molar-refractivity contribution in [3.8, 4) is 22.3 Å². The van der Waals surface area contributed by atoms with Gasteiger partial charge in [-0.15, -0.1) is 0 Å². The Morgan fingerprint density at radius 2 is 1.11 bits per heavy atom. The van der Waals surface area contributed by atoms with E-state index in [2.05, 4.69) is 28.9 Å². The van der Waals surface area contributed by atoms with E-state index in [9.17, 15) is 0 Å². The van der Waals surface area contributed by atoms with Crippen LogP contribution in [0.4, 0.5) is 15.8 Å². The molecule has 0 amide bonds. The van der Waals surface area contributed by atoms with E-state index < -0.39 is 0 Å². The van der Waals surface area contributed by atoms with Gasteiger partial charge in [-0.3, -0.25) is 3.11 Å². The Morgan fingerprint density at radius 3 is 1.70 bits per heavy atom. The SMILES string of the molecule is Fc1cc(-c2ccccc2)cc(-c2ccccc2)c1N(I)c1ccccc1. The predicted molar refractivity (Wildman–Crippen MR) is 120 cm³/mol. The van der Waals surface area contributed by atoms with Gasteiger partial charge in [0.05, 0.1) is 34.2 Å². The molecule has 0 radical (unpaired) electrons. The Hall–Kier alpha value is -2.66. The summed E-state index contributed by atoms with van der Waals surface area (Å²) in [6.07, 6.45) is 0. The summed E-state index contributed by atoms with van der Waals surface area (Å²) in [4.78, 5) is 0. The lowest BCUT2D eigenvalue weighted by Crippen LogP contribution is -2.05. The van der Waals surface area contributed by atoms with Crippen LogP contribution in [0.25, 0.3) is 22.3 Å². The van der Waals surface area contributed by atoms with Crippen molar-refractivity contribution in [1.82, 2.24) is 0 Å². The lowest BCUT2D eigenvalue weighted by molar-refractivity contribution is 0.631. The average molecular weight is 465 g/mol. The second-order valence-electron chi connectivity index (χ2n) is 6.20. The molecule has 0 N–H and O–H groups in total. The van der Waals surface area contributed by atoms with Gasteiger partial charge in [0, 0.05) is 5.56 Å². The first kappa shape index (κ1) is 17.7. The average Bonchev–Trinajstić information content (AvgIpc) is 2.74. The summed E-state index contributed by atoms with van der Waals surface area (Å²) in [6, 6.07) is 33.4. The summed E-state index contributed by atoms with van der Waals surface area (Å²) in [5.74, 6) is -0.242. The van der Waals surface area contributed by atoms with Crippen LogP contribution >= 0.6 is 22.9 Å². The number of halogens is 2. The molecule has 4 rings (SSSR count). The molecule has 0 fully saturated rings. The summed E-state index contributed by atoms with van der Waals surface area (Å²) in [6.45, 7) is 0. The number of hydrogen-bond donors (Lipinski definition) is 0. The van der Waals surface area contributed by atoms with Gasteiger partial charge in [0.15, 0.2) is 0 Å².